The van der Waals surface area contributed by atoms with Crippen LogP contribution in [-0.4, -0.2) is 11.9 Å². The summed E-state index contributed by atoms with van der Waals surface area (Å²) >= 11 is 0. The average Bonchev–Trinajstić information content (AvgIpc) is 2.59. The van der Waals surface area contributed by atoms with Crippen molar-refractivity contribution in [3.8, 4) is 0 Å². The number of rotatable bonds is 4. The van der Waals surface area contributed by atoms with Gasteiger partial charge in [0.05, 0.1) is 12.6 Å². The number of furan rings is 1. The summed E-state index contributed by atoms with van der Waals surface area (Å²) in [5.74, 6) is 1.59. The van der Waals surface area contributed by atoms with Crippen molar-refractivity contribution in [3.05, 3.63) is 23.7 Å². The van der Waals surface area contributed by atoms with Gasteiger partial charge in [0.25, 0.3) is 0 Å². The first-order chi connectivity index (χ1) is 7.00. The van der Waals surface area contributed by atoms with Crippen LogP contribution >= 0.6 is 0 Å². The minimum absolute atomic E-state index is 0.140. The van der Waals surface area contributed by atoms with Crippen molar-refractivity contribution in [2.45, 2.75) is 33.4 Å². The van der Waals surface area contributed by atoms with Crippen LogP contribution in [0, 0.1) is 12.8 Å². The first-order valence-corrected chi connectivity index (χ1v) is 5.09. The van der Waals surface area contributed by atoms with E-state index in [1.165, 1.54) is 0 Å². The maximum absolute atomic E-state index is 11.5. The van der Waals surface area contributed by atoms with Gasteiger partial charge in [0.15, 0.2) is 0 Å². The molecular formula is C11H18N2O2. The second kappa shape index (κ2) is 4.98. The van der Waals surface area contributed by atoms with Crippen LogP contribution in [0.1, 0.15) is 25.4 Å². The van der Waals surface area contributed by atoms with E-state index in [0.717, 1.165) is 11.5 Å². The summed E-state index contributed by atoms with van der Waals surface area (Å²) in [5, 5.41) is 2.74. The van der Waals surface area contributed by atoms with Crippen molar-refractivity contribution in [1.29, 1.82) is 0 Å². The summed E-state index contributed by atoms with van der Waals surface area (Å²) in [6.45, 7) is 6.10. The Kier molecular flexibility index (Phi) is 3.91. The third-order valence-electron chi connectivity index (χ3n) is 2.25. The van der Waals surface area contributed by atoms with Crippen molar-refractivity contribution < 1.29 is 9.21 Å². The Morgan fingerprint density at radius 2 is 2.20 bits per heavy atom. The molecule has 1 rings (SSSR count). The zero-order chi connectivity index (χ0) is 11.4. The molecule has 0 radical (unpaired) electrons. The van der Waals surface area contributed by atoms with Crippen molar-refractivity contribution in [2.24, 2.45) is 11.7 Å². The topological polar surface area (TPSA) is 68.3 Å². The predicted octanol–water partition coefficient (Wildman–Crippen LogP) is 1.19. The maximum Gasteiger partial charge on any atom is 0.237 e. The lowest BCUT2D eigenvalue weighted by molar-refractivity contribution is -0.123. The van der Waals surface area contributed by atoms with E-state index < -0.39 is 6.04 Å². The van der Waals surface area contributed by atoms with Gasteiger partial charge in [-0.05, 0) is 25.0 Å². The van der Waals surface area contributed by atoms with Gasteiger partial charge in [0, 0.05) is 0 Å². The Morgan fingerprint density at radius 1 is 1.53 bits per heavy atom. The molecule has 1 heterocycles. The average molecular weight is 210 g/mol. The molecule has 0 bridgehead atoms. The molecule has 3 N–H and O–H groups in total. The van der Waals surface area contributed by atoms with Gasteiger partial charge >= 0.3 is 0 Å². The van der Waals surface area contributed by atoms with Crippen molar-refractivity contribution in [3.63, 3.8) is 0 Å². The van der Waals surface area contributed by atoms with Crippen LogP contribution in [0.4, 0.5) is 0 Å². The highest BCUT2D eigenvalue weighted by atomic mass is 16.3. The molecule has 4 heteroatoms. The van der Waals surface area contributed by atoms with E-state index in [9.17, 15) is 4.79 Å². The highest BCUT2D eigenvalue weighted by Gasteiger charge is 2.16. The fraction of sp³-hybridized carbons (Fsp3) is 0.545. The van der Waals surface area contributed by atoms with Gasteiger partial charge in [-0.25, -0.2) is 0 Å². The molecule has 0 spiro atoms. The molecule has 1 aromatic heterocycles. The van der Waals surface area contributed by atoms with Gasteiger partial charge in [-0.2, -0.15) is 0 Å². The second-order valence-electron chi connectivity index (χ2n) is 4.00. The zero-order valence-electron chi connectivity index (χ0n) is 9.41. The molecule has 0 saturated carbocycles. The van der Waals surface area contributed by atoms with Crippen LogP contribution < -0.4 is 11.1 Å². The molecular weight excluding hydrogens is 192 g/mol. The van der Waals surface area contributed by atoms with E-state index in [4.69, 9.17) is 10.2 Å². The minimum Gasteiger partial charge on any atom is -0.465 e. The summed E-state index contributed by atoms with van der Waals surface area (Å²) in [6.07, 6.45) is 0. The number of hydrogen-bond donors (Lipinski definition) is 2. The van der Waals surface area contributed by atoms with Gasteiger partial charge in [0.1, 0.15) is 11.5 Å². The summed E-state index contributed by atoms with van der Waals surface area (Å²) in [5.41, 5.74) is 5.69. The van der Waals surface area contributed by atoms with Crippen molar-refractivity contribution in [2.75, 3.05) is 0 Å². The fourth-order valence-corrected chi connectivity index (χ4v) is 1.17. The lowest BCUT2D eigenvalue weighted by Gasteiger charge is -2.14. The predicted molar refractivity (Wildman–Crippen MR) is 58.1 cm³/mol. The van der Waals surface area contributed by atoms with E-state index in [-0.39, 0.29) is 11.8 Å². The molecule has 0 aliphatic rings. The standard InChI is InChI=1S/C11H18N2O2/c1-7(2)10(12)11(14)13-6-9-5-4-8(3)15-9/h4-5,7,10H,6,12H2,1-3H3,(H,13,14). The molecule has 0 aliphatic heterocycles. The lowest BCUT2D eigenvalue weighted by Crippen LogP contribution is -2.43. The lowest BCUT2D eigenvalue weighted by atomic mass is 10.1. The number of carbonyl (C=O) groups excluding carboxylic acids is 1. The molecule has 1 aromatic rings. The summed E-state index contributed by atoms with van der Waals surface area (Å²) in [7, 11) is 0. The van der Waals surface area contributed by atoms with Crippen molar-refractivity contribution >= 4 is 5.91 Å². The Balaban J connectivity index is 2.40. The number of aryl methyl sites for hydroxylation is 1. The fourth-order valence-electron chi connectivity index (χ4n) is 1.17. The van der Waals surface area contributed by atoms with Crippen LogP contribution in [-0.2, 0) is 11.3 Å². The SMILES string of the molecule is Cc1ccc(CNC(=O)C(N)C(C)C)o1. The Hall–Kier alpha value is -1.29. The molecule has 1 amide bonds. The number of nitrogens with two attached hydrogens (primary N) is 1. The summed E-state index contributed by atoms with van der Waals surface area (Å²) < 4.78 is 5.32. The summed E-state index contributed by atoms with van der Waals surface area (Å²) in [4.78, 5) is 11.5. The number of nitrogens with one attached hydrogen (secondary N) is 1. The first-order valence-electron chi connectivity index (χ1n) is 5.09. The molecule has 15 heavy (non-hydrogen) atoms. The Morgan fingerprint density at radius 3 is 2.67 bits per heavy atom. The van der Waals surface area contributed by atoms with Gasteiger partial charge in [0.2, 0.25) is 5.91 Å². The Labute approximate surface area is 89.8 Å². The highest BCUT2D eigenvalue weighted by molar-refractivity contribution is 5.81. The van der Waals surface area contributed by atoms with Crippen LogP contribution in [0.2, 0.25) is 0 Å². The quantitative estimate of drug-likeness (QED) is 0.784. The zero-order valence-corrected chi connectivity index (χ0v) is 9.41. The van der Waals surface area contributed by atoms with Crippen LogP contribution in [0.25, 0.3) is 0 Å². The largest absolute Gasteiger partial charge is 0.465 e. The molecule has 0 saturated heterocycles. The van der Waals surface area contributed by atoms with E-state index in [1.54, 1.807) is 0 Å². The number of hydrogen-bond acceptors (Lipinski definition) is 3. The van der Waals surface area contributed by atoms with Crippen LogP contribution in [0.15, 0.2) is 16.5 Å². The van der Waals surface area contributed by atoms with E-state index in [2.05, 4.69) is 5.32 Å². The van der Waals surface area contributed by atoms with E-state index in [0.29, 0.717) is 6.54 Å². The molecule has 1 unspecified atom stereocenters. The smallest absolute Gasteiger partial charge is 0.237 e. The van der Waals surface area contributed by atoms with E-state index in [1.807, 2.05) is 32.9 Å². The maximum atomic E-state index is 11.5. The van der Waals surface area contributed by atoms with Crippen LogP contribution in [0.5, 0.6) is 0 Å². The normalized spacial score (nSPS) is 12.9. The molecule has 1 atom stereocenters. The summed E-state index contributed by atoms with van der Waals surface area (Å²) in [6, 6.07) is 3.25. The molecule has 84 valence electrons. The van der Waals surface area contributed by atoms with Gasteiger partial charge in [-0.15, -0.1) is 0 Å². The molecule has 0 aromatic carbocycles. The molecule has 0 aliphatic carbocycles. The van der Waals surface area contributed by atoms with Crippen molar-refractivity contribution in [1.82, 2.24) is 5.32 Å². The molecule has 0 fully saturated rings. The number of carbonyl (C=O) groups is 1. The number of amides is 1. The highest BCUT2D eigenvalue weighted by Crippen LogP contribution is 2.06. The first kappa shape index (κ1) is 11.8. The van der Waals surface area contributed by atoms with Gasteiger partial charge in [-0.1, -0.05) is 13.8 Å². The monoisotopic (exact) mass is 210 g/mol. The third-order valence-corrected chi connectivity index (χ3v) is 2.25. The van der Waals surface area contributed by atoms with Crippen LogP contribution in [0.3, 0.4) is 0 Å². The van der Waals surface area contributed by atoms with Gasteiger partial charge < -0.3 is 15.5 Å². The molecule has 4 nitrogen and oxygen atoms in total. The third kappa shape index (κ3) is 3.40. The van der Waals surface area contributed by atoms with Gasteiger partial charge in [-0.3, -0.25) is 4.79 Å². The second-order valence-corrected chi connectivity index (χ2v) is 4.00. The van der Waals surface area contributed by atoms with E-state index >= 15 is 0 Å². The Bertz CT molecular complexity index is 331. The minimum atomic E-state index is -0.457.